The van der Waals surface area contributed by atoms with Gasteiger partial charge in [0.15, 0.2) is 12.3 Å². The Labute approximate surface area is 281 Å². The fraction of sp³-hybridized carbons (Fsp3) is 0.242. The van der Waals surface area contributed by atoms with Crippen LogP contribution in [0.1, 0.15) is 32.1 Å². The first kappa shape index (κ1) is 33.2. The zero-order valence-corrected chi connectivity index (χ0v) is 28.4. The normalized spacial score (nSPS) is 14.8. The number of thiophene rings is 1. The average Bonchev–Trinajstić information content (AvgIpc) is 3.69. The summed E-state index contributed by atoms with van der Waals surface area (Å²) in [5, 5.41) is 3.70. The smallest absolute Gasteiger partial charge is 0.374 e. The molecule has 0 bridgehead atoms. The average molecular weight is 714 g/mol. The van der Waals surface area contributed by atoms with E-state index in [1.165, 1.54) is 0 Å². The molecule has 47 heavy (non-hydrogen) atoms. The van der Waals surface area contributed by atoms with Crippen molar-refractivity contribution in [2.24, 2.45) is 0 Å². The van der Waals surface area contributed by atoms with E-state index in [1.54, 1.807) is 34.4 Å². The summed E-state index contributed by atoms with van der Waals surface area (Å²) in [5.74, 6) is 0.368. The van der Waals surface area contributed by atoms with Crippen molar-refractivity contribution in [3.63, 3.8) is 0 Å². The monoisotopic (exact) mass is 713 g/mol. The highest BCUT2D eigenvalue weighted by Gasteiger charge is 2.28. The number of benzene rings is 3. The number of aryl methyl sites for hydroxylation is 1. The number of ether oxygens (including phenoxy) is 1. The molecule has 6 rings (SSSR count). The predicted molar refractivity (Wildman–Crippen MR) is 181 cm³/mol. The Hall–Kier alpha value is -3.72. The molecule has 0 unspecified atom stereocenters. The minimum atomic E-state index is -4.41. The van der Waals surface area contributed by atoms with Gasteiger partial charge in [0.05, 0.1) is 32.0 Å². The Bertz CT molecular complexity index is 2260. The molecule has 0 amide bonds. The van der Waals surface area contributed by atoms with Gasteiger partial charge in [0.25, 0.3) is 5.52 Å². The van der Waals surface area contributed by atoms with Crippen LogP contribution >= 0.6 is 22.9 Å². The lowest BCUT2D eigenvalue weighted by atomic mass is 10.0. The molecule has 0 fully saturated rings. The Morgan fingerprint density at radius 2 is 1.77 bits per heavy atom. The summed E-state index contributed by atoms with van der Waals surface area (Å²) in [7, 11) is -8.81. The largest absolute Gasteiger partial charge is 0.748 e. The van der Waals surface area contributed by atoms with Gasteiger partial charge in [-0.05, 0) is 59.7 Å². The van der Waals surface area contributed by atoms with Gasteiger partial charge in [0.1, 0.15) is 0 Å². The van der Waals surface area contributed by atoms with E-state index in [9.17, 15) is 25.9 Å². The van der Waals surface area contributed by atoms with Crippen LogP contribution in [0.4, 0.5) is 5.69 Å². The fourth-order valence-corrected chi connectivity index (χ4v) is 7.68. The van der Waals surface area contributed by atoms with E-state index in [-0.39, 0.29) is 25.9 Å². The van der Waals surface area contributed by atoms with Crippen LogP contribution in [-0.4, -0.2) is 44.0 Å². The van der Waals surface area contributed by atoms with E-state index in [4.69, 9.17) is 20.8 Å². The van der Waals surface area contributed by atoms with Gasteiger partial charge >= 0.3 is 5.89 Å². The standard InChI is InChI=1S/C33H31ClN2O8S3/c1-2-22(18-33-36(14-6-16-47(40,41)42)28-20-24(34)10-12-30(28)44-33)17-32-35(13-5-15-46(37,38)39)27-19-23(9-11-29(27)43-32)26-21-45-31-8-4-3-7-25(26)31/h3-4,7-12,17-21H,2,5-6,13-16H2,1H3,(H-,37,38,39,40,41,42)/p-1. The number of hydrogen-bond acceptors (Lipinski definition) is 10. The molecular formula is C33H30ClN2O8S3-. The number of aromatic nitrogens is 1. The molecule has 3 aromatic carbocycles. The fourth-order valence-electron chi connectivity index (χ4n) is 5.58. The van der Waals surface area contributed by atoms with Crippen LogP contribution in [0.25, 0.3) is 38.4 Å². The van der Waals surface area contributed by atoms with Gasteiger partial charge in [-0.25, -0.2) is 16.8 Å². The minimum absolute atomic E-state index is 0.0810. The number of nitrogens with zero attached hydrogens (tertiary/aromatic N) is 2. The number of hydrogen-bond donors (Lipinski definition) is 0. The molecule has 10 nitrogen and oxygen atoms in total. The van der Waals surface area contributed by atoms with E-state index in [1.807, 2.05) is 54.0 Å². The van der Waals surface area contributed by atoms with Crippen LogP contribution in [0.5, 0.6) is 5.75 Å². The summed E-state index contributed by atoms with van der Waals surface area (Å²) in [6, 6.07) is 19.1. The maximum atomic E-state index is 11.5. The van der Waals surface area contributed by atoms with E-state index >= 15 is 0 Å². The highest BCUT2D eigenvalue weighted by Crippen LogP contribution is 2.41. The van der Waals surface area contributed by atoms with Crippen LogP contribution in [0.15, 0.2) is 88.0 Å². The number of halogens is 1. The second-order valence-corrected chi connectivity index (χ2v) is 15.5. The Morgan fingerprint density at radius 3 is 2.53 bits per heavy atom. The van der Waals surface area contributed by atoms with E-state index < -0.39 is 31.7 Å². The predicted octanol–water partition coefficient (Wildman–Crippen LogP) is 6.66. The van der Waals surface area contributed by atoms with Crippen molar-refractivity contribution in [1.82, 2.24) is 0 Å². The first-order valence-corrected chi connectivity index (χ1v) is 19.3. The van der Waals surface area contributed by atoms with Crippen LogP contribution < -0.4 is 14.2 Å². The number of allylic oxidation sites excluding steroid dienone is 2. The summed E-state index contributed by atoms with van der Waals surface area (Å²) >= 11 is 7.90. The van der Waals surface area contributed by atoms with Crippen molar-refractivity contribution in [2.45, 2.75) is 32.7 Å². The highest BCUT2D eigenvalue weighted by atomic mass is 35.5. The van der Waals surface area contributed by atoms with Gasteiger partial charge in [-0.1, -0.05) is 42.8 Å². The van der Waals surface area contributed by atoms with Gasteiger partial charge in [-0.3, -0.25) is 0 Å². The third-order valence-electron chi connectivity index (χ3n) is 7.79. The lowest BCUT2D eigenvalue weighted by Gasteiger charge is -2.19. The molecule has 1 aliphatic heterocycles. The van der Waals surface area contributed by atoms with Gasteiger partial charge in [-0.15, -0.1) is 11.3 Å². The summed E-state index contributed by atoms with van der Waals surface area (Å²) in [4.78, 5) is 1.78. The third kappa shape index (κ3) is 7.72. The second-order valence-electron chi connectivity index (χ2n) is 11.1. The zero-order valence-electron chi connectivity index (χ0n) is 25.2. The van der Waals surface area contributed by atoms with E-state index in [0.29, 0.717) is 40.2 Å². The van der Waals surface area contributed by atoms with E-state index in [2.05, 4.69) is 17.5 Å². The quantitative estimate of drug-likeness (QED) is 0.102. The molecule has 0 spiro atoms. The number of oxazole rings is 1. The molecule has 14 heteroatoms. The summed E-state index contributed by atoms with van der Waals surface area (Å²) < 4.78 is 83.7. The van der Waals surface area contributed by atoms with Gasteiger partial charge < -0.3 is 23.2 Å². The van der Waals surface area contributed by atoms with Crippen LogP contribution in [0, 0.1) is 0 Å². The first-order chi connectivity index (χ1) is 22.4. The van der Waals surface area contributed by atoms with Crippen molar-refractivity contribution < 1.29 is 39.7 Å². The topological polar surface area (TPSA) is 144 Å². The minimum Gasteiger partial charge on any atom is -0.748 e. The Balaban J connectivity index is 1.40. The molecule has 246 valence electrons. The van der Waals surface area contributed by atoms with Crippen molar-refractivity contribution in [3.8, 4) is 16.9 Å². The lowest BCUT2D eigenvalue weighted by Crippen LogP contribution is -2.36. The maximum absolute atomic E-state index is 11.5. The summed E-state index contributed by atoms with van der Waals surface area (Å²) in [5.41, 5.74) is 4.81. The van der Waals surface area contributed by atoms with Crippen LogP contribution in [0.2, 0.25) is 5.02 Å². The molecule has 2 aromatic heterocycles. The summed E-state index contributed by atoms with van der Waals surface area (Å²) in [6.07, 6.45) is 4.36. The Morgan fingerprint density at radius 1 is 1.00 bits per heavy atom. The number of rotatable bonds is 12. The molecule has 3 heterocycles. The lowest BCUT2D eigenvalue weighted by molar-refractivity contribution is -0.677. The molecule has 5 aromatic rings. The number of fused-ring (bicyclic) bond motifs is 3. The highest BCUT2D eigenvalue weighted by molar-refractivity contribution is 7.85. The second kappa shape index (κ2) is 13.4. The van der Waals surface area contributed by atoms with Gasteiger partial charge in [0, 0.05) is 57.3 Å². The molecule has 0 radical (unpaired) electrons. The van der Waals surface area contributed by atoms with Crippen molar-refractivity contribution in [3.05, 3.63) is 94.5 Å². The van der Waals surface area contributed by atoms with Crippen molar-refractivity contribution in [1.29, 1.82) is 0 Å². The zero-order chi connectivity index (χ0) is 33.3. The molecule has 1 aliphatic rings. The molecule has 0 saturated heterocycles. The molecular weight excluding hydrogens is 684 g/mol. The molecule has 0 N–H and O–H groups in total. The van der Waals surface area contributed by atoms with Crippen LogP contribution in [-0.2, 0) is 26.8 Å². The molecule has 0 saturated carbocycles. The number of anilines is 1. The van der Waals surface area contributed by atoms with E-state index in [0.717, 1.165) is 32.3 Å². The Kier molecular flexibility index (Phi) is 9.47. The molecule has 0 aliphatic carbocycles. The van der Waals surface area contributed by atoms with Crippen molar-refractivity contribution in [2.75, 3.05) is 23.0 Å². The maximum Gasteiger partial charge on any atom is 0.374 e. The van der Waals surface area contributed by atoms with Gasteiger partial charge in [0.2, 0.25) is 11.5 Å². The van der Waals surface area contributed by atoms with Crippen LogP contribution in [0.3, 0.4) is 0 Å². The first-order valence-electron chi connectivity index (χ1n) is 14.9. The van der Waals surface area contributed by atoms with Gasteiger partial charge in [-0.2, -0.15) is 4.57 Å². The van der Waals surface area contributed by atoms with Crippen molar-refractivity contribution >= 4 is 76.1 Å². The molecule has 0 atom stereocenters. The third-order valence-corrected chi connectivity index (χ3v) is 10.6. The summed E-state index contributed by atoms with van der Waals surface area (Å²) in [6.45, 7) is 2.37. The SMILES string of the molecule is CCC(/C=C1\Oc2ccc(Cl)cc2N1CCCS(=O)(=O)[O-])=C\c1oc2ccc(-c3csc4ccccc34)cc2[n+]1CCCS(=O)(=O)[O-].